The van der Waals surface area contributed by atoms with Crippen molar-refractivity contribution in [1.82, 2.24) is 4.98 Å². The maximum Gasteiger partial charge on any atom is 0.133 e. The maximum atomic E-state index is 5.46. The van der Waals surface area contributed by atoms with Crippen molar-refractivity contribution < 1.29 is 0 Å². The molecule has 2 rings (SSSR count). The molecule has 15 heavy (non-hydrogen) atoms. The Balaban J connectivity index is 2.51. The molecule has 3 N–H and O–H groups in total. The van der Waals surface area contributed by atoms with E-state index in [9.17, 15) is 0 Å². The predicted octanol–water partition coefficient (Wildman–Crippen LogP) is 1.91. The fourth-order valence-corrected chi connectivity index (χ4v) is 1.70. The smallest absolute Gasteiger partial charge is 0.133 e. The minimum absolute atomic E-state index is 0.615. The highest BCUT2D eigenvalue weighted by atomic mass is 15.0. The van der Waals surface area contributed by atoms with Gasteiger partial charge in [0.1, 0.15) is 5.82 Å². The van der Waals surface area contributed by atoms with Gasteiger partial charge in [0, 0.05) is 24.7 Å². The quantitative estimate of drug-likeness (QED) is 0.797. The summed E-state index contributed by atoms with van der Waals surface area (Å²) in [6.07, 6.45) is 1.83. The third-order valence-electron chi connectivity index (χ3n) is 2.46. The second-order valence-corrected chi connectivity index (χ2v) is 3.55. The monoisotopic (exact) mass is 201 g/mol. The first-order chi connectivity index (χ1) is 7.33. The Morgan fingerprint density at radius 3 is 2.93 bits per heavy atom. The van der Waals surface area contributed by atoms with Crippen LogP contribution in [0.1, 0.15) is 5.56 Å². The molecule has 0 saturated carbocycles. The first-order valence-corrected chi connectivity index (χ1v) is 5.11. The Hall–Kier alpha value is -1.61. The van der Waals surface area contributed by atoms with Crippen molar-refractivity contribution in [2.45, 2.75) is 6.92 Å². The minimum atomic E-state index is 0.615. The molecule has 3 nitrogen and oxygen atoms in total. The molecule has 1 aromatic carbocycles. The number of anilines is 1. The number of hydrogen-bond acceptors (Lipinski definition) is 3. The Morgan fingerprint density at radius 2 is 2.13 bits per heavy atom. The van der Waals surface area contributed by atoms with Crippen LogP contribution in [-0.2, 0) is 0 Å². The number of nitrogens with one attached hydrogen (secondary N) is 1. The summed E-state index contributed by atoms with van der Waals surface area (Å²) in [5, 5.41) is 5.63. The zero-order chi connectivity index (χ0) is 10.7. The molecule has 0 radical (unpaired) electrons. The molecular weight excluding hydrogens is 186 g/mol. The van der Waals surface area contributed by atoms with E-state index < -0.39 is 0 Å². The van der Waals surface area contributed by atoms with E-state index in [4.69, 9.17) is 5.73 Å². The largest absolute Gasteiger partial charge is 0.368 e. The molecule has 78 valence electrons. The van der Waals surface area contributed by atoms with Gasteiger partial charge in [-0.2, -0.15) is 0 Å². The van der Waals surface area contributed by atoms with Crippen LogP contribution < -0.4 is 11.1 Å². The minimum Gasteiger partial charge on any atom is -0.368 e. The molecule has 0 unspecified atom stereocenters. The zero-order valence-corrected chi connectivity index (χ0v) is 8.83. The molecular formula is C12H15N3. The summed E-state index contributed by atoms with van der Waals surface area (Å²) in [6, 6.07) is 8.27. The summed E-state index contributed by atoms with van der Waals surface area (Å²) < 4.78 is 0. The molecule has 2 aromatic rings. The van der Waals surface area contributed by atoms with Gasteiger partial charge in [-0.15, -0.1) is 0 Å². The molecule has 1 heterocycles. The molecule has 0 amide bonds. The van der Waals surface area contributed by atoms with Crippen LogP contribution in [0.3, 0.4) is 0 Å². The van der Waals surface area contributed by atoms with Crippen molar-refractivity contribution in [2.75, 3.05) is 18.4 Å². The Kier molecular flexibility index (Phi) is 2.83. The van der Waals surface area contributed by atoms with E-state index in [1.165, 1.54) is 10.9 Å². The highest BCUT2D eigenvalue weighted by Gasteiger charge is 2.02. The third-order valence-corrected chi connectivity index (χ3v) is 2.46. The number of aryl methyl sites for hydroxylation is 1. The molecule has 0 atom stereocenters. The van der Waals surface area contributed by atoms with Crippen LogP contribution in [0.15, 0.2) is 30.5 Å². The lowest BCUT2D eigenvalue weighted by molar-refractivity contribution is 1.01. The summed E-state index contributed by atoms with van der Waals surface area (Å²) in [5.41, 5.74) is 6.73. The van der Waals surface area contributed by atoms with Gasteiger partial charge in [-0.05, 0) is 23.9 Å². The first-order valence-electron chi connectivity index (χ1n) is 5.11. The van der Waals surface area contributed by atoms with E-state index in [-0.39, 0.29) is 0 Å². The molecule has 0 fully saturated rings. The molecule has 3 heteroatoms. The van der Waals surface area contributed by atoms with Crippen molar-refractivity contribution in [1.29, 1.82) is 0 Å². The van der Waals surface area contributed by atoms with Gasteiger partial charge in [-0.25, -0.2) is 4.98 Å². The molecule has 0 saturated heterocycles. The van der Waals surface area contributed by atoms with Crippen LogP contribution in [0, 0.1) is 6.92 Å². The van der Waals surface area contributed by atoms with Crippen LogP contribution in [0.5, 0.6) is 0 Å². The number of benzene rings is 1. The highest BCUT2D eigenvalue weighted by molar-refractivity contribution is 5.93. The molecule has 0 spiro atoms. The second kappa shape index (κ2) is 4.28. The normalized spacial score (nSPS) is 10.5. The number of aromatic nitrogens is 1. The second-order valence-electron chi connectivity index (χ2n) is 3.55. The van der Waals surface area contributed by atoms with E-state index in [1.807, 2.05) is 18.3 Å². The summed E-state index contributed by atoms with van der Waals surface area (Å²) >= 11 is 0. The van der Waals surface area contributed by atoms with E-state index in [0.717, 1.165) is 17.7 Å². The van der Waals surface area contributed by atoms with Crippen LogP contribution in [0.25, 0.3) is 10.8 Å². The van der Waals surface area contributed by atoms with Gasteiger partial charge in [-0.3, -0.25) is 0 Å². The number of hydrogen-bond donors (Lipinski definition) is 2. The summed E-state index contributed by atoms with van der Waals surface area (Å²) in [4.78, 5) is 4.32. The Morgan fingerprint density at radius 1 is 1.27 bits per heavy atom. The van der Waals surface area contributed by atoms with Crippen LogP contribution in [0.2, 0.25) is 0 Å². The fourth-order valence-electron chi connectivity index (χ4n) is 1.70. The van der Waals surface area contributed by atoms with Crippen molar-refractivity contribution >= 4 is 16.6 Å². The van der Waals surface area contributed by atoms with Gasteiger partial charge in [0.05, 0.1) is 0 Å². The number of pyridine rings is 1. The lowest BCUT2D eigenvalue weighted by atomic mass is 10.1. The molecule has 1 aromatic heterocycles. The van der Waals surface area contributed by atoms with Crippen molar-refractivity contribution in [3.8, 4) is 0 Å². The van der Waals surface area contributed by atoms with Crippen LogP contribution >= 0.6 is 0 Å². The van der Waals surface area contributed by atoms with Gasteiger partial charge in [-0.1, -0.05) is 18.2 Å². The first kappa shape index (κ1) is 9.93. The van der Waals surface area contributed by atoms with E-state index in [0.29, 0.717) is 6.54 Å². The standard InChI is InChI=1S/C12H15N3/c1-9-3-2-4-11-10(9)5-7-14-12(11)15-8-6-13/h2-5,7H,6,8,13H2,1H3,(H,14,15). The molecule has 0 aliphatic heterocycles. The van der Waals surface area contributed by atoms with Crippen LogP contribution in [0.4, 0.5) is 5.82 Å². The van der Waals surface area contributed by atoms with E-state index in [2.05, 4.69) is 29.4 Å². The highest BCUT2D eigenvalue weighted by Crippen LogP contribution is 2.23. The van der Waals surface area contributed by atoms with Crippen molar-refractivity contribution in [3.05, 3.63) is 36.0 Å². The number of nitrogens with two attached hydrogens (primary N) is 1. The molecule has 0 aliphatic carbocycles. The number of fused-ring (bicyclic) bond motifs is 1. The Labute approximate surface area is 89.3 Å². The van der Waals surface area contributed by atoms with Gasteiger partial charge in [0.25, 0.3) is 0 Å². The van der Waals surface area contributed by atoms with Gasteiger partial charge >= 0.3 is 0 Å². The number of nitrogens with zero attached hydrogens (tertiary/aromatic N) is 1. The van der Waals surface area contributed by atoms with Gasteiger partial charge < -0.3 is 11.1 Å². The summed E-state index contributed by atoms with van der Waals surface area (Å²) in [6.45, 7) is 3.47. The third kappa shape index (κ3) is 1.92. The van der Waals surface area contributed by atoms with Gasteiger partial charge in [0.15, 0.2) is 0 Å². The van der Waals surface area contributed by atoms with Crippen molar-refractivity contribution in [2.24, 2.45) is 5.73 Å². The maximum absolute atomic E-state index is 5.46. The van der Waals surface area contributed by atoms with Crippen LogP contribution in [-0.4, -0.2) is 18.1 Å². The molecule has 0 aliphatic rings. The fraction of sp³-hybridized carbons (Fsp3) is 0.250. The van der Waals surface area contributed by atoms with E-state index >= 15 is 0 Å². The lowest BCUT2D eigenvalue weighted by Crippen LogP contribution is -2.14. The number of rotatable bonds is 3. The van der Waals surface area contributed by atoms with E-state index in [1.54, 1.807) is 0 Å². The topological polar surface area (TPSA) is 50.9 Å². The predicted molar refractivity (Wildman–Crippen MR) is 64.0 cm³/mol. The lowest BCUT2D eigenvalue weighted by Gasteiger charge is -2.08. The average molecular weight is 201 g/mol. The zero-order valence-electron chi connectivity index (χ0n) is 8.83. The average Bonchev–Trinajstić information content (AvgIpc) is 2.27. The molecule has 0 bridgehead atoms. The van der Waals surface area contributed by atoms with Crippen molar-refractivity contribution in [3.63, 3.8) is 0 Å². The summed E-state index contributed by atoms with van der Waals surface area (Å²) in [7, 11) is 0. The van der Waals surface area contributed by atoms with Gasteiger partial charge in [0.2, 0.25) is 0 Å². The SMILES string of the molecule is Cc1cccc2c(NCCN)nccc12. The summed E-state index contributed by atoms with van der Waals surface area (Å²) in [5.74, 6) is 0.918. The Bertz CT molecular complexity index is 465.